The Morgan fingerprint density at radius 1 is 1.15 bits per heavy atom. The predicted octanol–water partition coefficient (Wildman–Crippen LogP) is 4.59. The molecule has 0 heterocycles. The summed E-state index contributed by atoms with van der Waals surface area (Å²) in [7, 11) is -4.00. The van der Waals surface area contributed by atoms with Crippen molar-refractivity contribution >= 4 is 15.9 Å². The van der Waals surface area contributed by atoms with Crippen LogP contribution < -0.4 is 4.74 Å². The molecular weight excluding hydrogens is 353 g/mol. The van der Waals surface area contributed by atoms with E-state index < -0.39 is 20.6 Å². The van der Waals surface area contributed by atoms with Crippen LogP contribution in [0.2, 0.25) is 0 Å². The van der Waals surface area contributed by atoms with Crippen molar-refractivity contribution in [1.29, 1.82) is 5.26 Å². The van der Waals surface area contributed by atoms with E-state index >= 15 is 0 Å². The molecule has 0 aliphatic carbocycles. The minimum atomic E-state index is -4.00. The number of nitrogens with zero attached hydrogens (tertiary/aromatic N) is 1. The van der Waals surface area contributed by atoms with Crippen LogP contribution in [0.3, 0.4) is 0 Å². The second kappa shape index (κ2) is 8.63. The molecule has 2 aromatic rings. The molecule has 0 atom stereocenters. The third kappa shape index (κ3) is 5.17. The van der Waals surface area contributed by atoms with E-state index in [9.17, 15) is 18.1 Å². The molecule has 0 bridgehead atoms. The molecule has 4 nitrogen and oxygen atoms in total. The Morgan fingerprint density at radius 3 is 2.31 bits per heavy atom. The molecule has 26 heavy (non-hydrogen) atoms. The van der Waals surface area contributed by atoms with Crippen LogP contribution in [0.5, 0.6) is 5.75 Å². The highest BCUT2D eigenvalue weighted by atomic mass is 32.2. The number of rotatable bonds is 7. The zero-order chi connectivity index (χ0) is 19.2. The first-order valence-corrected chi connectivity index (χ1v) is 9.66. The van der Waals surface area contributed by atoms with Gasteiger partial charge in [0, 0.05) is 0 Å². The SMILES string of the molecule is CC(C)CCOc1ccc(/C=C(\C#N)S(=O)(=O)c2ccc(F)cc2)cc1. The summed E-state index contributed by atoms with van der Waals surface area (Å²) >= 11 is 0. The summed E-state index contributed by atoms with van der Waals surface area (Å²) < 4.78 is 43.6. The second-order valence-corrected chi connectivity index (χ2v) is 8.10. The number of ether oxygens (including phenoxy) is 1. The van der Waals surface area contributed by atoms with Gasteiger partial charge in [0.05, 0.1) is 11.5 Å². The zero-order valence-corrected chi connectivity index (χ0v) is 15.5. The lowest BCUT2D eigenvalue weighted by Gasteiger charge is -2.08. The van der Waals surface area contributed by atoms with Gasteiger partial charge in [0.1, 0.15) is 22.5 Å². The standard InChI is InChI=1S/C20H20FNO3S/c1-15(2)11-12-25-18-7-3-16(4-8-18)13-20(14-22)26(23,24)19-9-5-17(21)6-10-19/h3-10,13,15H,11-12H2,1-2H3/b20-13+. The van der Waals surface area contributed by atoms with Crippen LogP contribution >= 0.6 is 0 Å². The minimum Gasteiger partial charge on any atom is -0.494 e. The topological polar surface area (TPSA) is 67.2 Å². The highest BCUT2D eigenvalue weighted by molar-refractivity contribution is 7.95. The van der Waals surface area contributed by atoms with Gasteiger partial charge in [0.2, 0.25) is 9.84 Å². The van der Waals surface area contributed by atoms with Crippen molar-refractivity contribution in [2.45, 2.75) is 25.2 Å². The van der Waals surface area contributed by atoms with E-state index in [2.05, 4.69) is 13.8 Å². The van der Waals surface area contributed by atoms with Crippen molar-refractivity contribution in [3.8, 4) is 11.8 Å². The number of allylic oxidation sites excluding steroid dienone is 1. The van der Waals surface area contributed by atoms with E-state index in [1.807, 2.05) is 0 Å². The van der Waals surface area contributed by atoms with Crippen molar-refractivity contribution < 1.29 is 17.5 Å². The van der Waals surface area contributed by atoms with Crippen molar-refractivity contribution in [2.24, 2.45) is 5.92 Å². The van der Waals surface area contributed by atoms with Gasteiger partial charge in [-0.05, 0) is 60.4 Å². The van der Waals surface area contributed by atoms with E-state index in [0.717, 1.165) is 30.7 Å². The Labute approximate surface area is 153 Å². The van der Waals surface area contributed by atoms with E-state index in [0.29, 0.717) is 23.8 Å². The molecule has 0 saturated carbocycles. The van der Waals surface area contributed by atoms with Gasteiger partial charge in [-0.25, -0.2) is 12.8 Å². The van der Waals surface area contributed by atoms with Gasteiger partial charge in [-0.15, -0.1) is 0 Å². The summed E-state index contributed by atoms with van der Waals surface area (Å²) in [5, 5.41) is 9.27. The number of halogens is 1. The molecule has 0 aromatic heterocycles. The Hall–Kier alpha value is -2.65. The fourth-order valence-electron chi connectivity index (χ4n) is 2.13. The van der Waals surface area contributed by atoms with Gasteiger partial charge in [0.15, 0.2) is 0 Å². The Kier molecular flexibility index (Phi) is 6.53. The fraction of sp³-hybridized carbons (Fsp3) is 0.250. The lowest BCUT2D eigenvalue weighted by Crippen LogP contribution is -2.03. The molecule has 0 saturated heterocycles. The predicted molar refractivity (Wildman–Crippen MR) is 98.6 cm³/mol. The summed E-state index contributed by atoms with van der Waals surface area (Å²) in [5.74, 6) is 0.689. The number of sulfone groups is 1. The van der Waals surface area contributed by atoms with Crippen molar-refractivity contribution in [2.75, 3.05) is 6.61 Å². The van der Waals surface area contributed by atoms with Crippen LogP contribution in [0.4, 0.5) is 4.39 Å². The molecule has 0 aliphatic heterocycles. The van der Waals surface area contributed by atoms with E-state index in [1.54, 1.807) is 30.3 Å². The molecule has 0 aliphatic rings. The molecule has 0 N–H and O–H groups in total. The van der Waals surface area contributed by atoms with Crippen molar-refractivity contribution in [3.05, 3.63) is 64.8 Å². The lowest BCUT2D eigenvalue weighted by molar-refractivity contribution is 0.289. The third-order valence-electron chi connectivity index (χ3n) is 3.67. The van der Waals surface area contributed by atoms with Gasteiger partial charge in [0.25, 0.3) is 0 Å². The molecule has 2 aromatic carbocycles. The average Bonchev–Trinajstić information content (AvgIpc) is 2.61. The van der Waals surface area contributed by atoms with E-state index in [4.69, 9.17) is 4.74 Å². The molecule has 136 valence electrons. The molecule has 6 heteroatoms. The number of nitriles is 1. The first-order valence-electron chi connectivity index (χ1n) is 8.18. The van der Waals surface area contributed by atoms with E-state index in [1.165, 1.54) is 6.08 Å². The average molecular weight is 373 g/mol. The summed E-state index contributed by atoms with van der Waals surface area (Å²) in [4.78, 5) is -0.530. The summed E-state index contributed by atoms with van der Waals surface area (Å²) in [5.41, 5.74) is 0.559. The Bertz CT molecular complexity index is 909. The zero-order valence-electron chi connectivity index (χ0n) is 14.6. The van der Waals surface area contributed by atoms with Gasteiger partial charge in [-0.1, -0.05) is 26.0 Å². The maximum absolute atomic E-state index is 13.0. The first kappa shape index (κ1) is 19.7. The Balaban J connectivity index is 2.20. The van der Waals surface area contributed by atoms with Gasteiger partial charge < -0.3 is 4.74 Å². The van der Waals surface area contributed by atoms with Crippen LogP contribution in [-0.2, 0) is 9.84 Å². The highest BCUT2D eigenvalue weighted by Crippen LogP contribution is 2.22. The largest absolute Gasteiger partial charge is 0.494 e. The van der Waals surface area contributed by atoms with Crippen LogP contribution in [0, 0.1) is 23.1 Å². The molecule has 0 radical (unpaired) electrons. The van der Waals surface area contributed by atoms with Crippen molar-refractivity contribution in [1.82, 2.24) is 0 Å². The number of hydrogen-bond acceptors (Lipinski definition) is 4. The normalized spacial score (nSPS) is 12.0. The fourth-order valence-corrected chi connectivity index (χ4v) is 3.29. The summed E-state index contributed by atoms with van der Waals surface area (Å²) in [6, 6.07) is 12.9. The minimum absolute atomic E-state index is 0.125. The van der Waals surface area contributed by atoms with Crippen LogP contribution in [0.25, 0.3) is 6.08 Å². The van der Waals surface area contributed by atoms with Crippen LogP contribution in [0.15, 0.2) is 58.3 Å². The van der Waals surface area contributed by atoms with Gasteiger partial charge in [-0.3, -0.25) is 0 Å². The summed E-state index contributed by atoms with van der Waals surface area (Å²) in [6.07, 6.45) is 2.23. The maximum Gasteiger partial charge on any atom is 0.216 e. The highest BCUT2D eigenvalue weighted by Gasteiger charge is 2.20. The molecular formula is C20H20FNO3S. The third-order valence-corrected chi connectivity index (χ3v) is 5.35. The van der Waals surface area contributed by atoms with Crippen molar-refractivity contribution in [3.63, 3.8) is 0 Å². The maximum atomic E-state index is 13.0. The summed E-state index contributed by atoms with van der Waals surface area (Å²) in [6.45, 7) is 4.83. The lowest BCUT2D eigenvalue weighted by atomic mass is 10.1. The van der Waals surface area contributed by atoms with Gasteiger partial charge in [-0.2, -0.15) is 5.26 Å². The molecule has 0 spiro atoms. The molecule has 0 amide bonds. The number of hydrogen-bond donors (Lipinski definition) is 0. The Morgan fingerprint density at radius 2 is 1.77 bits per heavy atom. The first-order chi connectivity index (χ1) is 12.3. The smallest absolute Gasteiger partial charge is 0.216 e. The monoisotopic (exact) mass is 373 g/mol. The number of benzene rings is 2. The molecule has 0 unspecified atom stereocenters. The quantitative estimate of drug-likeness (QED) is 0.526. The molecule has 0 fully saturated rings. The molecule has 2 rings (SSSR count). The second-order valence-electron chi connectivity index (χ2n) is 6.18. The van der Waals surface area contributed by atoms with Gasteiger partial charge >= 0.3 is 0 Å². The van der Waals surface area contributed by atoms with E-state index in [-0.39, 0.29) is 4.90 Å². The van der Waals surface area contributed by atoms with Crippen LogP contribution in [-0.4, -0.2) is 15.0 Å². The van der Waals surface area contributed by atoms with Crippen LogP contribution in [0.1, 0.15) is 25.8 Å².